The van der Waals surface area contributed by atoms with E-state index < -0.39 is 0 Å². The largest absolute Gasteiger partial charge is 0.399 e. The number of benzene rings is 1. The van der Waals surface area contributed by atoms with E-state index in [1.165, 1.54) is 0 Å². The summed E-state index contributed by atoms with van der Waals surface area (Å²) < 4.78 is 0. The van der Waals surface area contributed by atoms with Gasteiger partial charge in [-0.1, -0.05) is 13.0 Å². The number of aliphatic hydroxyl groups excluding tert-OH is 1. The number of carbonyl (C=O) groups excluding carboxylic acids is 1. The second-order valence-electron chi connectivity index (χ2n) is 5.83. The van der Waals surface area contributed by atoms with Crippen molar-refractivity contribution in [2.45, 2.75) is 32.2 Å². The number of nitrogen functional groups attached to an aromatic ring is 1. The average molecular weight is 291 g/mol. The Kier molecular flexibility index (Phi) is 5.59. The fourth-order valence-corrected chi connectivity index (χ4v) is 2.94. The molecule has 0 aromatic heterocycles. The molecule has 116 valence electrons. The molecule has 5 nitrogen and oxygen atoms in total. The minimum absolute atomic E-state index is 0.00777. The van der Waals surface area contributed by atoms with Gasteiger partial charge in [0.1, 0.15) is 0 Å². The molecule has 0 radical (unpaired) electrons. The van der Waals surface area contributed by atoms with Crippen molar-refractivity contribution in [1.82, 2.24) is 4.90 Å². The molecule has 5 heteroatoms. The van der Waals surface area contributed by atoms with E-state index in [4.69, 9.17) is 5.73 Å². The summed E-state index contributed by atoms with van der Waals surface area (Å²) in [6.45, 7) is 4.26. The second kappa shape index (κ2) is 7.43. The summed E-state index contributed by atoms with van der Waals surface area (Å²) in [5.41, 5.74) is 7.06. The quantitative estimate of drug-likeness (QED) is 0.697. The monoisotopic (exact) mass is 291 g/mol. The molecule has 0 spiro atoms. The van der Waals surface area contributed by atoms with E-state index >= 15 is 0 Å². The smallest absolute Gasteiger partial charge is 0.224 e. The van der Waals surface area contributed by atoms with Gasteiger partial charge in [-0.05, 0) is 50.0 Å². The third-order valence-corrected chi connectivity index (χ3v) is 4.20. The molecule has 1 fully saturated rings. The predicted octanol–water partition coefficient (Wildman–Crippen LogP) is 1.69. The second-order valence-corrected chi connectivity index (χ2v) is 5.83. The van der Waals surface area contributed by atoms with Gasteiger partial charge >= 0.3 is 0 Å². The molecule has 1 amide bonds. The lowest BCUT2D eigenvalue weighted by atomic mass is 10.0. The number of carbonyl (C=O) groups is 1. The zero-order chi connectivity index (χ0) is 15.2. The van der Waals surface area contributed by atoms with E-state index in [0.717, 1.165) is 31.6 Å². The molecule has 1 aliphatic heterocycles. The number of anilines is 2. The Balaban J connectivity index is 1.72. The lowest BCUT2D eigenvalue weighted by Crippen LogP contribution is -2.36. The third kappa shape index (κ3) is 4.44. The number of nitrogens with two attached hydrogens (primary N) is 1. The van der Waals surface area contributed by atoms with Gasteiger partial charge in [0.2, 0.25) is 5.91 Å². The molecule has 0 saturated carbocycles. The average Bonchev–Trinajstić information content (AvgIpc) is 2.79. The fraction of sp³-hybridized carbons (Fsp3) is 0.562. The Hall–Kier alpha value is -1.59. The van der Waals surface area contributed by atoms with Gasteiger partial charge in [-0.15, -0.1) is 0 Å². The van der Waals surface area contributed by atoms with Gasteiger partial charge in [0, 0.05) is 23.8 Å². The predicted molar refractivity (Wildman–Crippen MR) is 84.9 cm³/mol. The highest BCUT2D eigenvalue weighted by Crippen LogP contribution is 2.23. The summed E-state index contributed by atoms with van der Waals surface area (Å²) >= 11 is 0. The van der Waals surface area contributed by atoms with Crippen LogP contribution in [0.25, 0.3) is 0 Å². The number of rotatable bonds is 6. The normalized spacial score (nSPS) is 22.4. The first-order valence-electron chi connectivity index (χ1n) is 7.60. The molecule has 21 heavy (non-hydrogen) atoms. The minimum atomic E-state index is 0.00777. The molecule has 4 N–H and O–H groups in total. The van der Waals surface area contributed by atoms with Crippen LogP contribution in [0.1, 0.15) is 26.2 Å². The molecule has 1 saturated heterocycles. The first-order chi connectivity index (χ1) is 10.1. The van der Waals surface area contributed by atoms with Crippen molar-refractivity contribution in [1.29, 1.82) is 0 Å². The lowest BCUT2D eigenvalue weighted by molar-refractivity contribution is -0.116. The number of nitrogens with one attached hydrogen (secondary N) is 1. The zero-order valence-electron chi connectivity index (χ0n) is 12.6. The Bertz CT molecular complexity index is 478. The molecule has 2 atom stereocenters. The highest BCUT2D eigenvalue weighted by molar-refractivity contribution is 5.91. The van der Waals surface area contributed by atoms with Crippen LogP contribution in [-0.2, 0) is 4.79 Å². The molecule has 0 bridgehead atoms. The van der Waals surface area contributed by atoms with E-state index in [1.54, 1.807) is 12.1 Å². The van der Waals surface area contributed by atoms with Gasteiger partial charge in [0.05, 0.1) is 6.61 Å². The van der Waals surface area contributed by atoms with Gasteiger partial charge in [0.15, 0.2) is 0 Å². The van der Waals surface area contributed by atoms with Crippen molar-refractivity contribution in [3.05, 3.63) is 24.3 Å². The highest BCUT2D eigenvalue weighted by atomic mass is 16.3. The van der Waals surface area contributed by atoms with Crippen LogP contribution in [0.4, 0.5) is 11.4 Å². The molecular formula is C16H25N3O2. The van der Waals surface area contributed by atoms with Gasteiger partial charge in [0.25, 0.3) is 0 Å². The summed E-state index contributed by atoms with van der Waals surface area (Å²) in [4.78, 5) is 14.2. The topological polar surface area (TPSA) is 78.6 Å². The van der Waals surface area contributed by atoms with Crippen molar-refractivity contribution in [2.24, 2.45) is 5.92 Å². The SMILES string of the molecule is CC1CCN(CCCC(=O)Nc2cccc(N)c2)C1CO. The van der Waals surface area contributed by atoms with E-state index in [0.29, 0.717) is 18.0 Å². The molecule has 2 rings (SSSR count). The van der Waals surface area contributed by atoms with Crippen LogP contribution >= 0.6 is 0 Å². The lowest BCUT2D eigenvalue weighted by Gasteiger charge is -2.24. The Labute approximate surface area is 126 Å². The van der Waals surface area contributed by atoms with Crippen LogP contribution < -0.4 is 11.1 Å². The summed E-state index contributed by atoms with van der Waals surface area (Å²) in [6.07, 6.45) is 2.41. The van der Waals surface area contributed by atoms with E-state index in [9.17, 15) is 9.90 Å². The van der Waals surface area contributed by atoms with Crippen LogP contribution in [-0.4, -0.2) is 41.7 Å². The number of nitrogens with zero attached hydrogens (tertiary/aromatic N) is 1. The van der Waals surface area contributed by atoms with Crippen molar-refractivity contribution < 1.29 is 9.90 Å². The van der Waals surface area contributed by atoms with Crippen LogP contribution in [0.3, 0.4) is 0 Å². The van der Waals surface area contributed by atoms with Crippen molar-refractivity contribution >= 4 is 17.3 Å². The first-order valence-corrected chi connectivity index (χ1v) is 7.60. The molecular weight excluding hydrogens is 266 g/mol. The Morgan fingerprint density at radius 1 is 1.52 bits per heavy atom. The summed E-state index contributed by atoms with van der Waals surface area (Å²) in [6, 6.07) is 7.45. The van der Waals surface area contributed by atoms with Crippen molar-refractivity contribution in [3.8, 4) is 0 Å². The zero-order valence-corrected chi connectivity index (χ0v) is 12.6. The number of hydrogen-bond acceptors (Lipinski definition) is 4. The molecule has 2 unspecified atom stereocenters. The van der Waals surface area contributed by atoms with Gasteiger partial charge in [-0.25, -0.2) is 0 Å². The number of amides is 1. The van der Waals surface area contributed by atoms with Crippen LogP contribution in [0, 0.1) is 5.92 Å². The van der Waals surface area contributed by atoms with Gasteiger partial charge in [-0.2, -0.15) is 0 Å². The van der Waals surface area contributed by atoms with Crippen LogP contribution in [0.5, 0.6) is 0 Å². The summed E-state index contributed by atoms with van der Waals surface area (Å²) in [5, 5.41) is 12.3. The van der Waals surface area contributed by atoms with Crippen molar-refractivity contribution in [3.63, 3.8) is 0 Å². The van der Waals surface area contributed by atoms with Gasteiger partial charge in [-0.3, -0.25) is 9.69 Å². The maximum Gasteiger partial charge on any atom is 0.224 e. The van der Waals surface area contributed by atoms with Crippen LogP contribution in [0.2, 0.25) is 0 Å². The highest BCUT2D eigenvalue weighted by Gasteiger charge is 2.29. The van der Waals surface area contributed by atoms with Crippen molar-refractivity contribution in [2.75, 3.05) is 30.7 Å². The molecule has 0 aliphatic carbocycles. The minimum Gasteiger partial charge on any atom is -0.399 e. The number of hydrogen-bond donors (Lipinski definition) is 3. The molecule has 1 aromatic rings. The number of aliphatic hydroxyl groups is 1. The Morgan fingerprint density at radius 2 is 2.33 bits per heavy atom. The maximum atomic E-state index is 11.9. The van der Waals surface area contributed by atoms with E-state index in [1.807, 2.05) is 12.1 Å². The van der Waals surface area contributed by atoms with E-state index in [-0.39, 0.29) is 18.6 Å². The van der Waals surface area contributed by atoms with Gasteiger partial charge < -0.3 is 16.2 Å². The fourth-order valence-electron chi connectivity index (χ4n) is 2.94. The summed E-state index contributed by atoms with van der Waals surface area (Å²) in [7, 11) is 0. The van der Waals surface area contributed by atoms with E-state index in [2.05, 4.69) is 17.1 Å². The standard InChI is InChI=1S/C16H25N3O2/c1-12-7-9-19(15(12)11-20)8-3-6-16(21)18-14-5-2-4-13(17)10-14/h2,4-5,10,12,15,20H,3,6-9,11,17H2,1H3,(H,18,21). The first kappa shape index (κ1) is 15.8. The van der Waals surface area contributed by atoms with Crippen LogP contribution in [0.15, 0.2) is 24.3 Å². The summed E-state index contributed by atoms with van der Waals surface area (Å²) in [5.74, 6) is 0.546. The number of likely N-dealkylation sites (tertiary alicyclic amines) is 1. The molecule has 1 aromatic carbocycles. The Morgan fingerprint density at radius 3 is 3.05 bits per heavy atom. The molecule has 1 aliphatic rings. The molecule has 1 heterocycles. The third-order valence-electron chi connectivity index (χ3n) is 4.20. The maximum absolute atomic E-state index is 11.9.